The van der Waals surface area contributed by atoms with Gasteiger partial charge in [0.25, 0.3) is 0 Å². The van der Waals surface area contributed by atoms with Crippen LogP contribution in [0.5, 0.6) is 0 Å². The zero-order valence-electron chi connectivity index (χ0n) is 9.43. The molecule has 1 atom stereocenters. The van der Waals surface area contributed by atoms with Crippen molar-refractivity contribution in [1.82, 2.24) is 14.7 Å². The summed E-state index contributed by atoms with van der Waals surface area (Å²) in [6, 6.07) is 5.76. The molecule has 2 heterocycles. The highest BCUT2D eigenvalue weighted by Crippen LogP contribution is 2.16. The van der Waals surface area contributed by atoms with Gasteiger partial charge in [-0.05, 0) is 19.1 Å². The summed E-state index contributed by atoms with van der Waals surface area (Å²) in [6.45, 7) is 2.87. The van der Waals surface area contributed by atoms with Crippen LogP contribution in [0.2, 0.25) is 5.15 Å². The highest BCUT2D eigenvalue weighted by molar-refractivity contribution is 6.30. The normalized spacial score (nSPS) is 12.4. The van der Waals surface area contributed by atoms with E-state index in [1.54, 1.807) is 6.92 Å². The number of nitrogens with zero attached hydrogens (tertiary/aromatic N) is 2. The van der Waals surface area contributed by atoms with Gasteiger partial charge in [-0.25, -0.2) is 4.98 Å². The molecule has 0 aliphatic rings. The van der Waals surface area contributed by atoms with Crippen molar-refractivity contribution in [3.8, 4) is 0 Å². The van der Waals surface area contributed by atoms with E-state index >= 15 is 0 Å². The maximum Gasteiger partial charge on any atom is 0.152 e. The average molecular weight is 276 g/mol. The number of halogens is 2. The molecule has 0 amide bonds. The van der Waals surface area contributed by atoms with Crippen molar-refractivity contribution in [1.29, 1.82) is 0 Å². The highest BCUT2D eigenvalue weighted by Gasteiger charge is 2.09. The number of imidazole rings is 1. The number of fused-ring (bicyclic) bond motifs is 1. The Morgan fingerprint density at radius 2 is 2.29 bits per heavy atom. The Bertz CT molecular complexity index is 485. The molecule has 4 nitrogen and oxygen atoms in total. The lowest BCUT2D eigenvalue weighted by Gasteiger charge is -2.06. The van der Waals surface area contributed by atoms with Crippen LogP contribution in [-0.2, 0) is 6.54 Å². The molecule has 2 aromatic heterocycles. The van der Waals surface area contributed by atoms with Crippen molar-refractivity contribution in [3.63, 3.8) is 0 Å². The van der Waals surface area contributed by atoms with Crippen LogP contribution in [0.1, 0.15) is 12.6 Å². The topological polar surface area (TPSA) is 49.6 Å². The third kappa shape index (κ3) is 3.33. The molecule has 0 saturated carbocycles. The van der Waals surface area contributed by atoms with E-state index in [1.807, 2.05) is 28.8 Å². The molecule has 0 aliphatic heterocycles. The van der Waals surface area contributed by atoms with Crippen LogP contribution in [0, 0.1) is 0 Å². The summed E-state index contributed by atoms with van der Waals surface area (Å²) in [6.07, 6.45) is 1.56. The second kappa shape index (κ2) is 6.21. The van der Waals surface area contributed by atoms with Gasteiger partial charge >= 0.3 is 0 Å². The van der Waals surface area contributed by atoms with Crippen LogP contribution >= 0.6 is 24.0 Å². The SMILES string of the molecule is CC(O)CNCc1c(Cl)nc2ccccn12.Cl. The number of nitrogens with one attached hydrogen (secondary N) is 1. The molecule has 6 heteroatoms. The fourth-order valence-corrected chi connectivity index (χ4v) is 1.82. The van der Waals surface area contributed by atoms with E-state index < -0.39 is 0 Å². The van der Waals surface area contributed by atoms with E-state index in [9.17, 15) is 0 Å². The Balaban J connectivity index is 0.00000144. The van der Waals surface area contributed by atoms with Crippen molar-refractivity contribution in [2.24, 2.45) is 0 Å². The minimum atomic E-state index is -0.363. The minimum Gasteiger partial charge on any atom is -0.392 e. The maximum atomic E-state index is 9.15. The summed E-state index contributed by atoms with van der Waals surface area (Å²) < 4.78 is 1.94. The van der Waals surface area contributed by atoms with Crippen molar-refractivity contribution in [3.05, 3.63) is 35.2 Å². The van der Waals surface area contributed by atoms with Gasteiger partial charge in [-0.15, -0.1) is 12.4 Å². The molecule has 0 aliphatic carbocycles. The number of hydrogen-bond acceptors (Lipinski definition) is 3. The van der Waals surface area contributed by atoms with E-state index in [2.05, 4.69) is 10.3 Å². The standard InChI is InChI=1S/C11H14ClN3O.ClH/c1-8(16)6-13-7-9-11(12)14-10-4-2-3-5-15(9)10;/h2-5,8,13,16H,6-7H2,1H3;1H. The molecule has 0 bridgehead atoms. The van der Waals surface area contributed by atoms with Gasteiger partial charge in [0.15, 0.2) is 5.15 Å². The Labute approximate surface area is 111 Å². The third-order valence-corrected chi connectivity index (χ3v) is 2.61. The van der Waals surface area contributed by atoms with E-state index in [-0.39, 0.29) is 18.5 Å². The summed E-state index contributed by atoms with van der Waals surface area (Å²) in [7, 11) is 0. The van der Waals surface area contributed by atoms with Crippen LogP contribution in [-0.4, -0.2) is 27.1 Å². The molecule has 2 aromatic rings. The molecule has 17 heavy (non-hydrogen) atoms. The Kier molecular flexibility index (Phi) is 5.21. The van der Waals surface area contributed by atoms with Gasteiger partial charge in [-0.1, -0.05) is 17.7 Å². The van der Waals surface area contributed by atoms with Crippen molar-refractivity contribution in [2.75, 3.05) is 6.54 Å². The average Bonchev–Trinajstić information content (AvgIpc) is 2.55. The molecule has 0 fully saturated rings. The van der Waals surface area contributed by atoms with Crippen molar-refractivity contribution in [2.45, 2.75) is 19.6 Å². The second-order valence-corrected chi connectivity index (χ2v) is 4.12. The summed E-state index contributed by atoms with van der Waals surface area (Å²) in [5.41, 5.74) is 1.75. The zero-order valence-corrected chi connectivity index (χ0v) is 11.0. The van der Waals surface area contributed by atoms with Crippen LogP contribution < -0.4 is 5.32 Å². The fraction of sp³-hybridized carbons (Fsp3) is 0.364. The van der Waals surface area contributed by atoms with Crippen LogP contribution in [0.4, 0.5) is 0 Å². The molecule has 0 radical (unpaired) electrons. The van der Waals surface area contributed by atoms with Gasteiger partial charge in [0, 0.05) is 19.3 Å². The number of aliphatic hydroxyl groups is 1. The summed E-state index contributed by atoms with van der Waals surface area (Å²) >= 11 is 6.05. The lowest BCUT2D eigenvalue weighted by atomic mass is 10.4. The first-order valence-corrected chi connectivity index (χ1v) is 5.56. The summed E-state index contributed by atoms with van der Waals surface area (Å²) in [5, 5.41) is 12.8. The fourth-order valence-electron chi connectivity index (χ4n) is 1.58. The summed E-state index contributed by atoms with van der Waals surface area (Å²) in [4.78, 5) is 4.24. The van der Waals surface area contributed by atoms with Crippen LogP contribution in [0.25, 0.3) is 5.65 Å². The maximum absolute atomic E-state index is 9.15. The van der Waals surface area contributed by atoms with E-state index in [0.29, 0.717) is 18.2 Å². The molecule has 94 valence electrons. The Morgan fingerprint density at radius 1 is 1.53 bits per heavy atom. The van der Waals surface area contributed by atoms with Gasteiger partial charge in [0.2, 0.25) is 0 Å². The monoisotopic (exact) mass is 275 g/mol. The molecule has 1 unspecified atom stereocenters. The van der Waals surface area contributed by atoms with Gasteiger partial charge in [-0.2, -0.15) is 0 Å². The number of pyridine rings is 1. The zero-order chi connectivity index (χ0) is 11.5. The predicted molar refractivity (Wildman–Crippen MR) is 70.8 cm³/mol. The third-order valence-electron chi connectivity index (χ3n) is 2.31. The van der Waals surface area contributed by atoms with E-state index in [1.165, 1.54) is 0 Å². The first-order chi connectivity index (χ1) is 7.68. The number of aromatic nitrogens is 2. The van der Waals surface area contributed by atoms with Gasteiger partial charge in [-0.3, -0.25) is 0 Å². The van der Waals surface area contributed by atoms with Gasteiger partial charge in [0.05, 0.1) is 11.8 Å². The predicted octanol–water partition coefficient (Wildman–Crippen LogP) is 1.88. The Morgan fingerprint density at radius 3 is 3.00 bits per heavy atom. The van der Waals surface area contributed by atoms with E-state index in [0.717, 1.165) is 11.3 Å². The summed E-state index contributed by atoms with van der Waals surface area (Å²) in [5.74, 6) is 0. The molecule has 0 aromatic carbocycles. The first-order valence-electron chi connectivity index (χ1n) is 5.18. The highest BCUT2D eigenvalue weighted by atomic mass is 35.5. The number of hydrogen-bond donors (Lipinski definition) is 2. The van der Waals surface area contributed by atoms with Crippen LogP contribution in [0.15, 0.2) is 24.4 Å². The van der Waals surface area contributed by atoms with Gasteiger partial charge < -0.3 is 14.8 Å². The number of aliphatic hydroxyl groups excluding tert-OH is 1. The quantitative estimate of drug-likeness (QED) is 0.896. The second-order valence-electron chi connectivity index (χ2n) is 3.76. The van der Waals surface area contributed by atoms with Crippen molar-refractivity contribution >= 4 is 29.7 Å². The largest absolute Gasteiger partial charge is 0.392 e. The molecule has 0 spiro atoms. The minimum absolute atomic E-state index is 0. The Hall–Kier alpha value is -0.810. The lowest BCUT2D eigenvalue weighted by Crippen LogP contribution is -2.24. The molecule has 2 rings (SSSR count). The number of rotatable bonds is 4. The lowest BCUT2D eigenvalue weighted by molar-refractivity contribution is 0.191. The van der Waals surface area contributed by atoms with Gasteiger partial charge in [0.1, 0.15) is 5.65 Å². The first kappa shape index (κ1) is 14.3. The molecular formula is C11H15Cl2N3O. The molecule has 0 saturated heterocycles. The smallest absolute Gasteiger partial charge is 0.152 e. The van der Waals surface area contributed by atoms with E-state index in [4.69, 9.17) is 16.7 Å². The van der Waals surface area contributed by atoms with Crippen LogP contribution in [0.3, 0.4) is 0 Å². The van der Waals surface area contributed by atoms with Crippen molar-refractivity contribution < 1.29 is 5.11 Å². The molecule has 2 N–H and O–H groups in total. The molecular weight excluding hydrogens is 261 g/mol.